The van der Waals surface area contributed by atoms with Crippen LogP contribution in [0.15, 0.2) is 22.8 Å². The molecule has 2 aromatic heterocycles. The molecular formula is C12H11BrN2O. The van der Waals surface area contributed by atoms with Crippen molar-refractivity contribution in [2.75, 3.05) is 0 Å². The van der Waals surface area contributed by atoms with Crippen LogP contribution in [-0.2, 0) is 0 Å². The molecule has 82 valence electrons. The van der Waals surface area contributed by atoms with Crippen LogP contribution in [0, 0.1) is 11.8 Å². The Morgan fingerprint density at radius 1 is 1.44 bits per heavy atom. The Bertz CT molecular complexity index is 584. The molecule has 4 heteroatoms. The van der Waals surface area contributed by atoms with Crippen molar-refractivity contribution in [3.05, 3.63) is 28.5 Å². The quantitative estimate of drug-likeness (QED) is 0.728. The van der Waals surface area contributed by atoms with Gasteiger partial charge in [0.1, 0.15) is 11.2 Å². The van der Waals surface area contributed by atoms with Crippen LogP contribution in [0.3, 0.4) is 0 Å². The van der Waals surface area contributed by atoms with Gasteiger partial charge >= 0.3 is 0 Å². The summed E-state index contributed by atoms with van der Waals surface area (Å²) < 4.78 is 0.931. The van der Waals surface area contributed by atoms with Crippen molar-refractivity contribution < 1.29 is 5.11 Å². The van der Waals surface area contributed by atoms with E-state index in [0.717, 1.165) is 21.2 Å². The van der Waals surface area contributed by atoms with Crippen LogP contribution in [0.1, 0.15) is 19.5 Å². The minimum Gasteiger partial charge on any atom is -0.378 e. The number of nitrogens with zero attached hydrogens (tertiary/aromatic N) is 1. The molecular weight excluding hydrogens is 268 g/mol. The van der Waals surface area contributed by atoms with Crippen LogP contribution >= 0.6 is 15.9 Å². The van der Waals surface area contributed by atoms with E-state index in [1.165, 1.54) is 0 Å². The molecule has 0 aliphatic carbocycles. The van der Waals surface area contributed by atoms with E-state index >= 15 is 0 Å². The van der Waals surface area contributed by atoms with Crippen LogP contribution in [0.4, 0.5) is 0 Å². The largest absolute Gasteiger partial charge is 0.378 e. The van der Waals surface area contributed by atoms with Gasteiger partial charge in [0.2, 0.25) is 0 Å². The normalized spacial score (nSPS) is 11.2. The molecule has 0 unspecified atom stereocenters. The van der Waals surface area contributed by atoms with Crippen molar-refractivity contribution in [3.8, 4) is 11.8 Å². The van der Waals surface area contributed by atoms with Gasteiger partial charge in [0, 0.05) is 16.1 Å². The van der Waals surface area contributed by atoms with Gasteiger partial charge in [-0.3, -0.25) is 0 Å². The van der Waals surface area contributed by atoms with Crippen molar-refractivity contribution in [2.45, 2.75) is 19.4 Å². The fourth-order valence-electron chi connectivity index (χ4n) is 1.28. The molecule has 0 saturated heterocycles. The third-order valence-corrected chi connectivity index (χ3v) is 2.37. The van der Waals surface area contributed by atoms with Crippen molar-refractivity contribution in [1.29, 1.82) is 0 Å². The van der Waals surface area contributed by atoms with Crippen LogP contribution in [-0.4, -0.2) is 20.7 Å². The van der Waals surface area contributed by atoms with Gasteiger partial charge in [-0.1, -0.05) is 5.92 Å². The number of hydrogen-bond donors (Lipinski definition) is 2. The van der Waals surface area contributed by atoms with Gasteiger partial charge in [-0.25, -0.2) is 4.98 Å². The molecule has 3 nitrogen and oxygen atoms in total. The molecule has 0 amide bonds. The second-order valence-electron chi connectivity index (χ2n) is 4.08. The lowest BCUT2D eigenvalue weighted by molar-refractivity contribution is 0.143. The van der Waals surface area contributed by atoms with Crippen LogP contribution < -0.4 is 0 Å². The van der Waals surface area contributed by atoms with Crippen LogP contribution in [0.2, 0.25) is 0 Å². The molecule has 0 aromatic carbocycles. The first-order valence-corrected chi connectivity index (χ1v) is 5.63. The Hall–Kier alpha value is -1.31. The number of nitrogens with one attached hydrogen (secondary N) is 1. The Kier molecular flexibility index (Phi) is 2.75. The third-order valence-electron chi connectivity index (χ3n) is 1.94. The number of H-pyrrole nitrogens is 1. The van der Waals surface area contributed by atoms with Gasteiger partial charge in [-0.15, -0.1) is 0 Å². The minimum atomic E-state index is -0.981. The summed E-state index contributed by atoms with van der Waals surface area (Å²) in [6.45, 7) is 3.30. The van der Waals surface area contributed by atoms with E-state index in [1.807, 2.05) is 12.1 Å². The number of pyridine rings is 1. The fraction of sp³-hybridized carbons (Fsp3) is 0.250. The SMILES string of the molecule is CC(C)(O)C#Cc1cc2cc(Br)cnc2[nH]1. The molecule has 0 radical (unpaired) electrons. The highest BCUT2D eigenvalue weighted by molar-refractivity contribution is 9.10. The summed E-state index contributed by atoms with van der Waals surface area (Å²) in [4.78, 5) is 7.29. The van der Waals surface area contributed by atoms with E-state index < -0.39 is 5.60 Å². The standard InChI is InChI=1S/C12H11BrN2O/c1-12(2,16)4-3-10-6-8-5-9(13)7-14-11(8)15-10/h5-7,16H,1-2H3,(H,14,15). The van der Waals surface area contributed by atoms with Gasteiger partial charge in [-0.05, 0) is 47.8 Å². The number of hydrogen-bond acceptors (Lipinski definition) is 2. The molecule has 0 bridgehead atoms. The molecule has 0 aliphatic heterocycles. The lowest BCUT2D eigenvalue weighted by Crippen LogP contribution is -2.14. The second-order valence-corrected chi connectivity index (χ2v) is 5.00. The first kappa shape index (κ1) is 11.2. The smallest absolute Gasteiger partial charge is 0.138 e. The molecule has 0 atom stereocenters. The Morgan fingerprint density at radius 3 is 2.88 bits per heavy atom. The summed E-state index contributed by atoms with van der Waals surface area (Å²) >= 11 is 3.36. The average molecular weight is 279 g/mol. The number of rotatable bonds is 0. The summed E-state index contributed by atoms with van der Waals surface area (Å²) in [6.07, 6.45) is 1.73. The van der Waals surface area contributed by atoms with E-state index in [9.17, 15) is 5.11 Å². The summed E-state index contributed by atoms with van der Waals surface area (Å²) in [5.41, 5.74) is 0.566. The number of aromatic amines is 1. The average Bonchev–Trinajstić information content (AvgIpc) is 2.55. The highest BCUT2D eigenvalue weighted by atomic mass is 79.9. The van der Waals surface area contributed by atoms with E-state index in [-0.39, 0.29) is 0 Å². The number of halogens is 1. The molecule has 0 aliphatic rings. The highest BCUT2D eigenvalue weighted by Crippen LogP contribution is 2.17. The molecule has 0 spiro atoms. The summed E-state index contributed by atoms with van der Waals surface area (Å²) in [5, 5.41) is 10.5. The predicted octanol–water partition coefficient (Wildman–Crippen LogP) is 2.45. The van der Waals surface area contributed by atoms with Gasteiger partial charge in [0.15, 0.2) is 0 Å². The summed E-state index contributed by atoms with van der Waals surface area (Å²) in [6, 6.07) is 3.87. The zero-order chi connectivity index (χ0) is 11.8. The number of fused-ring (bicyclic) bond motifs is 1. The Labute approximate surface area is 102 Å². The minimum absolute atomic E-state index is 0.753. The molecule has 2 heterocycles. The molecule has 2 aromatic rings. The maximum atomic E-state index is 9.49. The molecule has 16 heavy (non-hydrogen) atoms. The summed E-state index contributed by atoms with van der Waals surface area (Å²) in [7, 11) is 0. The monoisotopic (exact) mass is 278 g/mol. The first-order chi connectivity index (χ1) is 7.44. The van der Waals surface area contributed by atoms with Crippen molar-refractivity contribution in [1.82, 2.24) is 9.97 Å². The van der Waals surface area contributed by atoms with Crippen LogP contribution in [0.25, 0.3) is 11.0 Å². The summed E-state index contributed by atoms with van der Waals surface area (Å²) in [5.74, 6) is 5.63. The zero-order valence-corrected chi connectivity index (χ0v) is 10.6. The van der Waals surface area contributed by atoms with Crippen molar-refractivity contribution in [2.24, 2.45) is 0 Å². The van der Waals surface area contributed by atoms with Crippen molar-refractivity contribution in [3.63, 3.8) is 0 Å². The van der Waals surface area contributed by atoms with Gasteiger partial charge < -0.3 is 10.1 Å². The molecule has 2 rings (SSSR count). The fourth-order valence-corrected chi connectivity index (χ4v) is 1.63. The zero-order valence-electron chi connectivity index (χ0n) is 9.00. The Morgan fingerprint density at radius 2 is 2.19 bits per heavy atom. The molecule has 0 saturated carbocycles. The maximum Gasteiger partial charge on any atom is 0.138 e. The lowest BCUT2D eigenvalue weighted by atomic mass is 10.1. The van der Waals surface area contributed by atoms with Gasteiger partial charge in [0.05, 0.1) is 5.69 Å². The number of aliphatic hydroxyl groups is 1. The predicted molar refractivity (Wildman–Crippen MR) is 67.0 cm³/mol. The molecule has 2 N–H and O–H groups in total. The second kappa shape index (κ2) is 3.93. The number of aromatic nitrogens is 2. The maximum absolute atomic E-state index is 9.49. The first-order valence-electron chi connectivity index (χ1n) is 4.84. The van der Waals surface area contributed by atoms with E-state index in [1.54, 1.807) is 20.0 Å². The van der Waals surface area contributed by atoms with Gasteiger partial charge in [0.25, 0.3) is 0 Å². The van der Waals surface area contributed by atoms with Gasteiger partial charge in [-0.2, -0.15) is 0 Å². The Balaban J connectivity index is 2.43. The topological polar surface area (TPSA) is 48.9 Å². The van der Waals surface area contributed by atoms with Crippen molar-refractivity contribution >= 4 is 27.0 Å². The lowest BCUT2D eigenvalue weighted by Gasteiger charge is -2.05. The van der Waals surface area contributed by atoms with Crippen LogP contribution in [0.5, 0.6) is 0 Å². The van der Waals surface area contributed by atoms with E-state index in [2.05, 4.69) is 37.7 Å². The third kappa shape index (κ3) is 2.63. The highest BCUT2D eigenvalue weighted by Gasteiger charge is 2.06. The van der Waals surface area contributed by atoms with E-state index in [4.69, 9.17) is 0 Å². The van der Waals surface area contributed by atoms with E-state index in [0.29, 0.717) is 0 Å². The molecule has 0 fully saturated rings.